The first kappa shape index (κ1) is 18.5. The number of nitrogens with zero attached hydrogens (tertiary/aromatic N) is 2. The van der Waals surface area contributed by atoms with E-state index in [1.165, 1.54) is 12.1 Å². The number of halogens is 2. The maximum Gasteiger partial charge on any atom is 0.226 e. The molecule has 0 unspecified atom stereocenters. The number of fused-ring (bicyclic) bond motifs is 1. The Balaban J connectivity index is 1.62. The summed E-state index contributed by atoms with van der Waals surface area (Å²) in [5.41, 5.74) is 0.913. The zero-order valence-electron chi connectivity index (χ0n) is 14.8. The number of hydrogen-bond donors (Lipinski definition) is 0. The van der Waals surface area contributed by atoms with E-state index in [4.69, 9.17) is 9.15 Å². The van der Waals surface area contributed by atoms with Crippen molar-refractivity contribution in [2.45, 2.75) is 38.6 Å². The number of carbonyl (C=O) groups is 1. The lowest BCUT2D eigenvalue weighted by atomic mass is 10.1. The van der Waals surface area contributed by atoms with Gasteiger partial charge in [-0.25, -0.2) is 13.8 Å². The smallest absolute Gasteiger partial charge is 0.226 e. The Kier molecular flexibility index (Phi) is 5.98. The van der Waals surface area contributed by atoms with Gasteiger partial charge in [0.1, 0.15) is 23.1 Å². The van der Waals surface area contributed by atoms with Crippen molar-refractivity contribution >= 4 is 5.91 Å². The standard InChI is InChI=1S/C19H22F2N2O3/c1-25-8-4-2-3-5-18(24)23-7-6-17-16(12-23)22-19(26-17)13-9-14(20)11-15(21)10-13/h9-11H,2-8,12H2,1H3. The van der Waals surface area contributed by atoms with Crippen LogP contribution in [0.25, 0.3) is 11.5 Å². The number of aromatic nitrogens is 1. The summed E-state index contributed by atoms with van der Waals surface area (Å²) in [5, 5.41) is 0. The normalized spacial score (nSPS) is 13.7. The van der Waals surface area contributed by atoms with Crippen LogP contribution in [0.4, 0.5) is 8.78 Å². The monoisotopic (exact) mass is 364 g/mol. The largest absolute Gasteiger partial charge is 0.441 e. The van der Waals surface area contributed by atoms with Crippen molar-refractivity contribution < 1.29 is 22.7 Å². The Hall–Kier alpha value is -2.28. The van der Waals surface area contributed by atoms with Crippen LogP contribution in [0.1, 0.15) is 37.1 Å². The van der Waals surface area contributed by atoms with Gasteiger partial charge in [0.05, 0.1) is 6.54 Å². The highest BCUT2D eigenvalue weighted by Crippen LogP contribution is 2.27. The number of hydrogen-bond acceptors (Lipinski definition) is 4. The van der Waals surface area contributed by atoms with Crippen molar-refractivity contribution in [1.82, 2.24) is 9.88 Å². The number of unbranched alkanes of at least 4 members (excludes halogenated alkanes) is 2. The molecule has 3 rings (SSSR count). The number of benzene rings is 1. The fraction of sp³-hybridized carbons (Fsp3) is 0.474. The maximum atomic E-state index is 13.4. The second-order valence-electron chi connectivity index (χ2n) is 6.42. The average molecular weight is 364 g/mol. The maximum absolute atomic E-state index is 13.4. The minimum Gasteiger partial charge on any atom is -0.441 e. The molecule has 2 aromatic rings. The van der Waals surface area contributed by atoms with Gasteiger partial charge in [0.15, 0.2) is 0 Å². The van der Waals surface area contributed by atoms with Crippen LogP contribution in [0.3, 0.4) is 0 Å². The van der Waals surface area contributed by atoms with E-state index in [1.807, 2.05) is 0 Å². The molecule has 0 saturated heterocycles. The molecule has 1 aromatic carbocycles. The highest BCUT2D eigenvalue weighted by molar-refractivity contribution is 5.76. The molecule has 1 aromatic heterocycles. The number of rotatable bonds is 7. The molecule has 26 heavy (non-hydrogen) atoms. The fourth-order valence-corrected chi connectivity index (χ4v) is 3.07. The molecule has 1 aliphatic heterocycles. The molecule has 0 saturated carbocycles. The summed E-state index contributed by atoms with van der Waals surface area (Å²) in [6.07, 6.45) is 3.79. The summed E-state index contributed by atoms with van der Waals surface area (Å²) in [5.74, 6) is -0.409. The SMILES string of the molecule is COCCCCCC(=O)N1CCc2oc(-c3cc(F)cc(F)c3)nc2C1. The zero-order chi connectivity index (χ0) is 18.5. The van der Waals surface area contributed by atoms with Gasteiger partial charge in [0, 0.05) is 44.7 Å². The van der Waals surface area contributed by atoms with Gasteiger partial charge in [0.2, 0.25) is 11.8 Å². The van der Waals surface area contributed by atoms with Crippen molar-refractivity contribution in [2.75, 3.05) is 20.3 Å². The van der Waals surface area contributed by atoms with Gasteiger partial charge in [-0.15, -0.1) is 0 Å². The molecule has 1 amide bonds. The Bertz CT molecular complexity index is 756. The van der Waals surface area contributed by atoms with Gasteiger partial charge < -0.3 is 14.1 Å². The molecule has 2 heterocycles. The van der Waals surface area contributed by atoms with E-state index < -0.39 is 11.6 Å². The summed E-state index contributed by atoms with van der Waals surface area (Å²) < 4.78 is 37.4. The molecule has 140 valence electrons. The second-order valence-corrected chi connectivity index (χ2v) is 6.42. The molecule has 0 N–H and O–H groups in total. The highest BCUT2D eigenvalue weighted by atomic mass is 19.1. The zero-order valence-corrected chi connectivity index (χ0v) is 14.8. The number of amides is 1. The van der Waals surface area contributed by atoms with Gasteiger partial charge in [-0.2, -0.15) is 0 Å². The van der Waals surface area contributed by atoms with Gasteiger partial charge in [-0.05, 0) is 25.0 Å². The predicted molar refractivity (Wildman–Crippen MR) is 91.3 cm³/mol. The fourth-order valence-electron chi connectivity index (χ4n) is 3.07. The Labute approximate surface area is 151 Å². The van der Waals surface area contributed by atoms with Crippen LogP contribution in [-0.4, -0.2) is 36.1 Å². The molecule has 0 bridgehead atoms. The van der Waals surface area contributed by atoms with E-state index in [0.29, 0.717) is 44.0 Å². The number of carbonyl (C=O) groups excluding carboxylic acids is 1. The third-order valence-electron chi connectivity index (χ3n) is 4.43. The molecular formula is C19H22F2N2O3. The lowest BCUT2D eigenvalue weighted by molar-refractivity contribution is -0.132. The topological polar surface area (TPSA) is 55.6 Å². The predicted octanol–water partition coefficient (Wildman–Crippen LogP) is 3.71. The van der Waals surface area contributed by atoms with E-state index in [0.717, 1.165) is 25.3 Å². The third kappa shape index (κ3) is 4.46. The van der Waals surface area contributed by atoms with Crippen molar-refractivity contribution in [3.8, 4) is 11.5 Å². The number of methoxy groups -OCH3 is 1. The first-order valence-corrected chi connectivity index (χ1v) is 8.78. The quantitative estimate of drug-likeness (QED) is 0.703. The van der Waals surface area contributed by atoms with Gasteiger partial charge in [0.25, 0.3) is 0 Å². The summed E-state index contributed by atoms with van der Waals surface area (Å²) in [4.78, 5) is 18.5. The minimum absolute atomic E-state index is 0.0921. The van der Waals surface area contributed by atoms with E-state index >= 15 is 0 Å². The second kappa shape index (κ2) is 8.40. The minimum atomic E-state index is -0.679. The van der Waals surface area contributed by atoms with Gasteiger partial charge in [-0.3, -0.25) is 4.79 Å². The summed E-state index contributed by atoms with van der Waals surface area (Å²) in [7, 11) is 1.67. The molecule has 0 atom stereocenters. The molecule has 7 heteroatoms. The highest BCUT2D eigenvalue weighted by Gasteiger charge is 2.25. The van der Waals surface area contributed by atoms with Crippen molar-refractivity contribution in [2.24, 2.45) is 0 Å². The molecule has 5 nitrogen and oxygen atoms in total. The molecule has 1 aliphatic rings. The van der Waals surface area contributed by atoms with E-state index in [-0.39, 0.29) is 17.4 Å². The molecule has 0 aliphatic carbocycles. The molecule has 0 spiro atoms. The first-order valence-electron chi connectivity index (χ1n) is 8.78. The van der Waals surface area contributed by atoms with E-state index in [2.05, 4.69) is 4.98 Å². The van der Waals surface area contributed by atoms with Crippen molar-refractivity contribution in [1.29, 1.82) is 0 Å². The Morgan fingerprint density at radius 1 is 1.23 bits per heavy atom. The molecule has 0 radical (unpaired) electrons. The number of ether oxygens (including phenoxy) is 1. The molecule has 0 fully saturated rings. The molecular weight excluding hydrogens is 342 g/mol. The van der Waals surface area contributed by atoms with Gasteiger partial charge in [-0.1, -0.05) is 6.42 Å². The first-order chi connectivity index (χ1) is 12.6. The van der Waals surface area contributed by atoms with Crippen molar-refractivity contribution in [3.63, 3.8) is 0 Å². The van der Waals surface area contributed by atoms with Crippen LogP contribution < -0.4 is 0 Å². The van der Waals surface area contributed by atoms with Crippen molar-refractivity contribution in [3.05, 3.63) is 41.3 Å². The number of oxazole rings is 1. The lowest BCUT2D eigenvalue weighted by Crippen LogP contribution is -2.35. The van der Waals surface area contributed by atoms with Crippen LogP contribution in [0.15, 0.2) is 22.6 Å². The van der Waals surface area contributed by atoms with Crippen LogP contribution >= 0.6 is 0 Å². The Morgan fingerprint density at radius 3 is 2.73 bits per heavy atom. The summed E-state index contributed by atoms with van der Waals surface area (Å²) in [6.45, 7) is 1.65. The van der Waals surface area contributed by atoms with Gasteiger partial charge >= 0.3 is 0 Å². The van der Waals surface area contributed by atoms with Crippen LogP contribution in [0.5, 0.6) is 0 Å². The van der Waals surface area contributed by atoms with E-state index in [1.54, 1.807) is 12.0 Å². The summed E-state index contributed by atoms with van der Waals surface area (Å²) in [6, 6.07) is 3.17. The van der Waals surface area contributed by atoms with E-state index in [9.17, 15) is 13.6 Å². The average Bonchev–Trinajstić information content (AvgIpc) is 3.04. The lowest BCUT2D eigenvalue weighted by Gasteiger charge is -2.25. The third-order valence-corrected chi connectivity index (χ3v) is 4.43. The van der Waals surface area contributed by atoms with Crippen LogP contribution in [-0.2, 0) is 22.5 Å². The Morgan fingerprint density at radius 2 is 2.00 bits per heavy atom. The van der Waals surface area contributed by atoms with Crippen LogP contribution in [0.2, 0.25) is 0 Å². The van der Waals surface area contributed by atoms with Crippen LogP contribution in [0, 0.1) is 11.6 Å². The summed E-state index contributed by atoms with van der Waals surface area (Å²) >= 11 is 0.